The average Bonchev–Trinajstić information content (AvgIpc) is 3.21. The van der Waals surface area contributed by atoms with Crippen LogP contribution in [0.25, 0.3) is 0 Å². The highest BCUT2D eigenvalue weighted by Crippen LogP contribution is 2.51. The van der Waals surface area contributed by atoms with Gasteiger partial charge in [0.2, 0.25) is 0 Å². The molecule has 1 aromatic rings. The minimum Gasteiger partial charge on any atom is -0.333 e. The van der Waals surface area contributed by atoms with Crippen LogP contribution in [-0.2, 0) is 13.1 Å². The van der Waals surface area contributed by atoms with Crippen molar-refractivity contribution in [2.24, 2.45) is 5.41 Å². The lowest BCUT2D eigenvalue weighted by molar-refractivity contribution is 0.380. The van der Waals surface area contributed by atoms with Crippen LogP contribution in [0.1, 0.15) is 51.1 Å². The number of aromatic nitrogens is 2. The highest BCUT2D eigenvalue weighted by Gasteiger charge is 2.41. The number of nitrogens with zero attached hydrogens (tertiary/aromatic N) is 2. The first-order valence-electron chi connectivity index (χ1n) is 7.04. The molecule has 0 amide bonds. The Kier molecular flexibility index (Phi) is 2.95. The maximum absolute atomic E-state index is 4.32. The van der Waals surface area contributed by atoms with Crippen LogP contribution in [0.15, 0.2) is 12.5 Å². The Morgan fingerprint density at radius 3 is 2.94 bits per heavy atom. The Hall–Kier alpha value is -0.830. The van der Waals surface area contributed by atoms with Gasteiger partial charge < -0.3 is 9.88 Å². The Labute approximate surface area is 104 Å². The molecule has 0 bridgehead atoms. The first-order chi connectivity index (χ1) is 8.31. The van der Waals surface area contributed by atoms with Gasteiger partial charge in [-0.1, -0.05) is 13.3 Å². The first kappa shape index (κ1) is 11.3. The standard InChI is InChI=1S/C14H23N3/c1-2-5-14(6-7-14)10-17-11-15-8-13(17)9-16-12-3-4-12/h8,11-12,16H,2-7,9-10H2,1H3. The van der Waals surface area contributed by atoms with Gasteiger partial charge in [0.25, 0.3) is 0 Å². The molecule has 2 aliphatic rings. The molecule has 0 aromatic carbocycles. The minimum atomic E-state index is 0.615. The number of nitrogens with one attached hydrogen (secondary N) is 1. The van der Waals surface area contributed by atoms with Crippen LogP contribution in [-0.4, -0.2) is 15.6 Å². The highest BCUT2D eigenvalue weighted by molar-refractivity contribution is 5.03. The summed E-state index contributed by atoms with van der Waals surface area (Å²) in [6, 6.07) is 0.781. The van der Waals surface area contributed by atoms with Crippen molar-refractivity contribution < 1.29 is 0 Å². The van der Waals surface area contributed by atoms with Crippen LogP contribution < -0.4 is 5.32 Å². The predicted octanol–water partition coefficient (Wildman–Crippen LogP) is 2.72. The summed E-state index contributed by atoms with van der Waals surface area (Å²) in [4.78, 5) is 4.32. The molecule has 3 nitrogen and oxygen atoms in total. The predicted molar refractivity (Wildman–Crippen MR) is 68.7 cm³/mol. The number of imidazole rings is 1. The molecule has 94 valence electrons. The molecule has 2 fully saturated rings. The zero-order valence-corrected chi connectivity index (χ0v) is 10.8. The maximum Gasteiger partial charge on any atom is 0.0948 e. The third kappa shape index (κ3) is 2.71. The summed E-state index contributed by atoms with van der Waals surface area (Å²) in [5.74, 6) is 0. The zero-order chi connectivity index (χ0) is 11.7. The summed E-state index contributed by atoms with van der Waals surface area (Å²) in [5, 5.41) is 3.58. The Bertz CT molecular complexity index is 375. The Morgan fingerprint density at radius 2 is 2.29 bits per heavy atom. The van der Waals surface area contributed by atoms with Gasteiger partial charge in [0.1, 0.15) is 0 Å². The number of hydrogen-bond donors (Lipinski definition) is 1. The van der Waals surface area contributed by atoms with Crippen LogP contribution >= 0.6 is 0 Å². The molecule has 17 heavy (non-hydrogen) atoms. The van der Waals surface area contributed by atoms with Crippen LogP contribution in [0.3, 0.4) is 0 Å². The summed E-state index contributed by atoms with van der Waals surface area (Å²) in [6.07, 6.45) is 12.3. The molecule has 0 atom stereocenters. The summed E-state index contributed by atoms with van der Waals surface area (Å²) < 4.78 is 2.37. The van der Waals surface area contributed by atoms with Crippen LogP contribution in [0.5, 0.6) is 0 Å². The summed E-state index contributed by atoms with van der Waals surface area (Å²) >= 11 is 0. The fourth-order valence-electron chi connectivity index (χ4n) is 2.73. The van der Waals surface area contributed by atoms with Crippen LogP contribution in [0, 0.1) is 5.41 Å². The molecule has 1 N–H and O–H groups in total. The van der Waals surface area contributed by atoms with E-state index in [4.69, 9.17) is 0 Å². The van der Waals surface area contributed by atoms with Crippen molar-refractivity contribution in [3.05, 3.63) is 18.2 Å². The van der Waals surface area contributed by atoms with Gasteiger partial charge in [-0.3, -0.25) is 0 Å². The van der Waals surface area contributed by atoms with Gasteiger partial charge >= 0.3 is 0 Å². The molecule has 3 heteroatoms. The quantitative estimate of drug-likeness (QED) is 0.784. The van der Waals surface area contributed by atoms with Crippen molar-refractivity contribution in [3.8, 4) is 0 Å². The van der Waals surface area contributed by atoms with Gasteiger partial charge in [-0.15, -0.1) is 0 Å². The van der Waals surface area contributed by atoms with E-state index in [1.165, 1.54) is 50.8 Å². The Balaban J connectivity index is 1.59. The fourth-order valence-corrected chi connectivity index (χ4v) is 2.73. The van der Waals surface area contributed by atoms with Crippen LogP contribution in [0.4, 0.5) is 0 Å². The molecule has 0 spiro atoms. The average molecular weight is 233 g/mol. The van der Waals surface area contributed by atoms with E-state index in [0.717, 1.165) is 12.6 Å². The van der Waals surface area contributed by atoms with Gasteiger partial charge in [0, 0.05) is 25.3 Å². The van der Waals surface area contributed by atoms with E-state index in [1.54, 1.807) is 0 Å². The molecule has 0 aliphatic heterocycles. The van der Waals surface area contributed by atoms with Gasteiger partial charge in [-0.2, -0.15) is 0 Å². The molecule has 0 radical (unpaired) electrons. The van der Waals surface area contributed by atoms with Crippen molar-refractivity contribution in [2.75, 3.05) is 0 Å². The lowest BCUT2D eigenvalue weighted by Gasteiger charge is -2.17. The largest absolute Gasteiger partial charge is 0.333 e. The van der Waals surface area contributed by atoms with E-state index >= 15 is 0 Å². The molecule has 0 unspecified atom stereocenters. The second-order valence-electron chi connectivity index (χ2n) is 5.92. The minimum absolute atomic E-state index is 0.615. The van der Waals surface area contributed by atoms with E-state index in [2.05, 4.69) is 21.8 Å². The summed E-state index contributed by atoms with van der Waals surface area (Å²) in [6.45, 7) is 4.47. The Morgan fingerprint density at radius 1 is 1.47 bits per heavy atom. The smallest absolute Gasteiger partial charge is 0.0948 e. The van der Waals surface area contributed by atoms with E-state index in [0.29, 0.717) is 5.41 Å². The van der Waals surface area contributed by atoms with Crippen LogP contribution in [0.2, 0.25) is 0 Å². The molecule has 2 aliphatic carbocycles. The normalized spacial score (nSPS) is 21.7. The molecule has 1 heterocycles. The molecule has 1 aromatic heterocycles. The second kappa shape index (κ2) is 4.45. The van der Waals surface area contributed by atoms with Gasteiger partial charge in [0.05, 0.1) is 12.0 Å². The number of hydrogen-bond acceptors (Lipinski definition) is 2. The fraction of sp³-hybridized carbons (Fsp3) is 0.786. The van der Waals surface area contributed by atoms with E-state index in [9.17, 15) is 0 Å². The van der Waals surface area contributed by atoms with E-state index < -0.39 is 0 Å². The van der Waals surface area contributed by atoms with E-state index in [-0.39, 0.29) is 0 Å². The molecular formula is C14H23N3. The molecule has 2 saturated carbocycles. The molecular weight excluding hydrogens is 210 g/mol. The highest BCUT2D eigenvalue weighted by atomic mass is 15.1. The summed E-state index contributed by atoms with van der Waals surface area (Å²) in [5.41, 5.74) is 1.98. The first-order valence-corrected chi connectivity index (χ1v) is 7.04. The van der Waals surface area contributed by atoms with Gasteiger partial charge in [0.15, 0.2) is 0 Å². The van der Waals surface area contributed by atoms with Crippen molar-refractivity contribution in [1.82, 2.24) is 14.9 Å². The topological polar surface area (TPSA) is 29.9 Å². The SMILES string of the molecule is CCCC1(Cn2cncc2CNC2CC2)CC1. The van der Waals surface area contributed by atoms with Crippen molar-refractivity contribution in [2.45, 2.75) is 64.6 Å². The van der Waals surface area contributed by atoms with Crippen molar-refractivity contribution in [1.29, 1.82) is 0 Å². The maximum atomic E-state index is 4.32. The molecule has 0 saturated heterocycles. The zero-order valence-electron chi connectivity index (χ0n) is 10.8. The third-order valence-corrected chi connectivity index (χ3v) is 4.19. The number of rotatable bonds is 7. The lowest BCUT2D eigenvalue weighted by Crippen LogP contribution is -2.20. The lowest BCUT2D eigenvalue weighted by atomic mass is 10.0. The second-order valence-corrected chi connectivity index (χ2v) is 5.92. The van der Waals surface area contributed by atoms with E-state index in [1.807, 2.05) is 12.5 Å². The molecule has 3 rings (SSSR count). The summed E-state index contributed by atoms with van der Waals surface area (Å²) in [7, 11) is 0. The van der Waals surface area contributed by atoms with Crippen molar-refractivity contribution >= 4 is 0 Å². The van der Waals surface area contributed by atoms with Crippen molar-refractivity contribution in [3.63, 3.8) is 0 Å². The monoisotopic (exact) mass is 233 g/mol. The third-order valence-electron chi connectivity index (χ3n) is 4.19. The van der Waals surface area contributed by atoms with Gasteiger partial charge in [-0.05, 0) is 37.5 Å². The van der Waals surface area contributed by atoms with Gasteiger partial charge in [-0.25, -0.2) is 4.98 Å².